The highest BCUT2D eigenvalue weighted by atomic mass is 35.5. The van der Waals surface area contributed by atoms with Crippen LogP contribution in [-0.2, 0) is 12.6 Å². The largest absolute Gasteiger partial charge is 0.476 e. The standard InChI is InChI=1S/C17H12ClF3N4O3S/c1-2-11-23-12(16(27)28)15(29-11)24-14(26)10-7-22-25(13(10)17(19,20)21)9-5-3-8(18)4-6-9/h3-7H,2H2,1H3,(H,24,26)(H,27,28). The Labute approximate surface area is 170 Å². The first-order chi connectivity index (χ1) is 13.6. The molecule has 0 saturated carbocycles. The van der Waals surface area contributed by atoms with E-state index in [1.165, 1.54) is 24.3 Å². The third-order valence-electron chi connectivity index (χ3n) is 3.76. The summed E-state index contributed by atoms with van der Waals surface area (Å²) in [4.78, 5) is 27.7. The molecule has 2 heterocycles. The van der Waals surface area contributed by atoms with Gasteiger partial charge in [-0.05, 0) is 30.7 Å². The molecule has 0 saturated heterocycles. The molecule has 1 amide bonds. The highest BCUT2D eigenvalue weighted by Crippen LogP contribution is 2.35. The number of rotatable bonds is 5. The second kappa shape index (κ2) is 7.84. The molecule has 0 radical (unpaired) electrons. The van der Waals surface area contributed by atoms with E-state index in [2.05, 4.69) is 15.4 Å². The second-order valence-corrected chi connectivity index (χ2v) is 7.21. The first-order valence-corrected chi connectivity index (χ1v) is 9.26. The fourth-order valence-electron chi connectivity index (χ4n) is 2.48. The lowest BCUT2D eigenvalue weighted by molar-refractivity contribution is -0.143. The van der Waals surface area contributed by atoms with Crippen LogP contribution in [0.3, 0.4) is 0 Å². The van der Waals surface area contributed by atoms with Crippen LogP contribution < -0.4 is 5.32 Å². The maximum atomic E-state index is 13.7. The minimum Gasteiger partial charge on any atom is -0.476 e. The van der Waals surface area contributed by atoms with Crippen molar-refractivity contribution in [3.8, 4) is 5.69 Å². The quantitative estimate of drug-likeness (QED) is 0.603. The topological polar surface area (TPSA) is 97.1 Å². The zero-order valence-corrected chi connectivity index (χ0v) is 16.2. The van der Waals surface area contributed by atoms with Crippen LogP contribution in [0.4, 0.5) is 18.2 Å². The van der Waals surface area contributed by atoms with Crippen molar-refractivity contribution in [1.82, 2.24) is 14.8 Å². The molecule has 0 atom stereocenters. The van der Waals surface area contributed by atoms with Gasteiger partial charge in [-0.2, -0.15) is 18.3 Å². The number of nitrogens with one attached hydrogen (secondary N) is 1. The lowest BCUT2D eigenvalue weighted by Crippen LogP contribution is -2.21. The van der Waals surface area contributed by atoms with Crippen LogP contribution in [0.25, 0.3) is 5.69 Å². The number of aromatic carboxylic acids is 1. The van der Waals surface area contributed by atoms with Crippen molar-refractivity contribution >= 4 is 39.8 Å². The summed E-state index contributed by atoms with van der Waals surface area (Å²) in [6, 6.07) is 5.43. The van der Waals surface area contributed by atoms with E-state index in [1.807, 2.05) is 0 Å². The molecule has 3 aromatic rings. The molecule has 2 aromatic heterocycles. The van der Waals surface area contributed by atoms with E-state index in [9.17, 15) is 27.9 Å². The highest BCUT2D eigenvalue weighted by molar-refractivity contribution is 7.16. The van der Waals surface area contributed by atoms with Crippen molar-refractivity contribution in [2.45, 2.75) is 19.5 Å². The lowest BCUT2D eigenvalue weighted by Gasteiger charge is -2.12. The van der Waals surface area contributed by atoms with Gasteiger partial charge in [0.2, 0.25) is 0 Å². The molecule has 0 fully saturated rings. The van der Waals surface area contributed by atoms with E-state index in [1.54, 1.807) is 6.92 Å². The first kappa shape index (κ1) is 20.8. The molecule has 152 valence electrons. The number of benzene rings is 1. The zero-order chi connectivity index (χ0) is 21.3. The Morgan fingerprint density at radius 1 is 1.28 bits per heavy atom. The van der Waals surface area contributed by atoms with E-state index in [4.69, 9.17) is 11.6 Å². The Balaban J connectivity index is 2.03. The number of aromatic nitrogens is 3. The molecule has 2 N–H and O–H groups in total. The number of carbonyl (C=O) groups excluding carboxylic acids is 1. The van der Waals surface area contributed by atoms with Crippen LogP contribution in [-0.4, -0.2) is 31.7 Å². The zero-order valence-electron chi connectivity index (χ0n) is 14.6. The number of anilines is 1. The van der Waals surface area contributed by atoms with Gasteiger partial charge < -0.3 is 10.4 Å². The molecule has 0 bridgehead atoms. The summed E-state index contributed by atoms with van der Waals surface area (Å²) in [6.45, 7) is 1.73. The van der Waals surface area contributed by atoms with Gasteiger partial charge in [-0.25, -0.2) is 14.5 Å². The molecule has 3 rings (SSSR count). The number of halogens is 4. The molecule has 12 heteroatoms. The van der Waals surface area contributed by atoms with Gasteiger partial charge in [0.05, 0.1) is 22.5 Å². The smallest absolute Gasteiger partial charge is 0.434 e. The third kappa shape index (κ3) is 4.25. The van der Waals surface area contributed by atoms with Gasteiger partial charge in [-0.15, -0.1) is 11.3 Å². The average molecular weight is 445 g/mol. The molecule has 0 unspecified atom stereocenters. The van der Waals surface area contributed by atoms with Gasteiger partial charge in [-0.3, -0.25) is 4.79 Å². The number of nitrogens with zero attached hydrogens (tertiary/aromatic N) is 3. The molecular weight excluding hydrogens is 433 g/mol. The Hall–Kier alpha value is -2.92. The minimum atomic E-state index is -4.90. The summed E-state index contributed by atoms with van der Waals surface area (Å²) >= 11 is 6.64. The van der Waals surface area contributed by atoms with Crippen molar-refractivity contribution < 1.29 is 27.9 Å². The van der Waals surface area contributed by atoms with Crippen LogP contribution in [0.2, 0.25) is 5.02 Å². The van der Waals surface area contributed by atoms with Gasteiger partial charge in [0.1, 0.15) is 5.00 Å². The normalized spacial score (nSPS) is 11.5. The average Bonchev–Trinajstić information content (AvgIpc) is 3.26. The third-order valence-corrected chi connectivity index (χ3v) is 5.12. The summed E-state index contributed by atoms with van der Waals surface area (Å²) in [5.74, 6) is -2.55. The van der Waals surface area contributed by atoms with Crippen LogP contribution >= 0.6 is 22.9 Å². The monoisotopic (exact) mass is 444 g/mol. The van der Waals surface area contributed by atoms with E-state index in [0.717, 1.165) is 17.5 Å². The summed E-state index contributed by atoms with van der Waals surface area (Å²) in [5.41, 5.74) is -2.43. The van der Waals surface area contributed by atoms with Crippen molar-refractivity contribution in [3.63, 3.8) is 0 Å². The van der Waals surface area contributed by atoms with E-state index < -0.39 is 35.0 Å². The number of amides is 1. The summed E-state index contributed by atoms with van der Waals surface area (Å²) < 4.78 is 41.7. The SMILES string of the molecule is CCc1nc(C(=O)O)c(NC(=O)c2cnn(-c3ccc(Cl)cc3)c2C(F)(F)F)s1. The molecule has 1 aromatic carbocycles. The second-order valence-electron chi connectivity index (χ2n) is 5.69. The Bertz CT molecular complexity index is 1080. The lowest BCUT2D eigenvalue weighted by atomic mass is 10.2. The summed E-state index contributed by atoms with van der Waals surface area (Å²) in [6.07, 6.45) is -3.72. The maximum Gasteiger partial charge on any atom is 0.434 e. The van der Waals surface area contributed by atoms with Crippen molar-refractivity contribution in [2.75, 3.05) is 5.32 Å². The number of aryl methyl sites for hydroxylation is 1. The molecule has 0 aliphatic carbocycles. The van der Waals surface area contributed by atoms with Crippen LogP contribution in [0.1, 0.15) is 38.5 Å². The van der Waals surface area contributed by atoms with Gasteiger partial charge >= 0.3 is 12.1 Å². The molecular formula is C17H12ClF3N4O3S. The van der Waals surface area contributed by atoms with Crippen LogP contribution in [0, 0.1) is 0 Å². The summed E-state index contributed by atoms with van der Waals surface area (Å²) in [7, 11) is 0. The van der Waals surface area contributed by atoms with Gasteiger partial charge in [0, 0.05) is 5.02 Å². The van der Waals surface area contributed by atoms with Crippen molar-refractivity contribution in [3.05, 3.63) is 57.4 Å². The van der Waals surface area contributed by atoms with E-state index >= 15 is 0 Å². The maximum absolute atomic E-state index is 13.7. The number of hydrogen-bond acceptors (Lipinski definition) is 5. The summed E-state index contributed by atoms with van der Waals surface area (Å²) in [5, 5.41) is 15.7. The van der Waals surface area contributed by atoms with E-state index in [-0.39, 0.29) is 10.7 Å². The molecule has 29 heavy (non-hydrogen) atoms. The van der Waals surface area contributed by atoms with Gasteiger partial charge in [0.25, 0.3) is 5.91 Å². The number of carbonyl (C=O) groups is 2. The van der Waals surface area contributed by atoms with Gasteiger partial charge in [-0.1, -0.05) is 18.5 Å². The first-order valence-electron chi connectivity index (χ1n) is 8.07. The van der Waals surface area contributed by atoms with Crippen molar-refractivity contribution in [2.24, 2.45) is 0 Å². The van der Waals surface area contributed by atoms with Gasteiger partial charge in [0.15, 0.2) is 11.4 Å². The predicted octanol–water partition coefficient (Wildman–Crippen LogP) is 4.51. The number of thiazole rings is 1. The van der Waals surface area contributed by atoms with E-state index in [0.29, 0.717) is 21.1 Å². The number of hydrogen-bond donors (Lipinski definition) is 2. The fourth-order valence-corrected chi connectivity index (χ4v) is 3.50. The molecule has 7 nitrogen and oxygen atoms in total. The highest BCUT2D eigenvalue weighted by Gasteiger charge is 2.41. The Morgan fingerprint density at radius 3 is 2.48 bits per heavy atom. The predicted molar refractivity (Wildman–Crippen MR) is 100.0 cm³/mol. The molecule has 0 spiro atoms. The Morgan fingerprint density at radius 2 is 1.93 bits per heavy atom. The van der Waals surface area contributed by atoms with Crippen molar-refractivity contribution in [1.29, 1.82) is 0 Å². The number of alkyl halides is 3. The number of carboxylic acids is 1. The fraction of sp³-hybridized carbons (Fsp3) is 0.176. The number of carboxylic acid groups (broad SMARTS) is 1. The Kier molecular flexibility index (Phi) is 5.62. The van der Waals surface area contributed by atoms with Crippen LogP contribution in [0.5, 0.6) is 0 Å². The molecule has 0 aliphatic heterocycles. The molecule has 0 aliphatic rings. The minimum absolute atomic E-state index is 0.0538. The van der Waals surface area contributed by atoms with Crippen LogP contribution in [0.15, 0.2) is 30.5 Å².